The minimum absolute atomic E-state index is 0.138. The van der Waals surface area contributed by atoms with Gasteiger partial charge < -0.3 is 34.6 Å². The van der Waals surface area contributed by atoms with E-state index >= 15 is 0 Å². The number of hydrogen-bond acceptors (Lipinski definition) is 7. The summed E-state index contributed by atoms with van der Waals surface area (Å²) in [4.78, 5) is 0. The molecule has 0 saturated carbocycles. The fourth-order valence-corrected chi connectivity index (χ4v) is 4.24. The Bertz CT molecular complexity index is 899. The van der Waals surface area contributed by atoms with Crippen molar-refractivity contribution in [2.45, 2.75) is 50.0 Å². The fourth-order valence-electron chi connectivity index (χ4n) is 4.24. The van der Waals surface area contributed by atoms with Crippen LogP contribution in [0.5, 0.6) is 5.75 Å². The van der Waals surface area contributed by atoms with E-state index in [1.165, 1.54) is 0 Å². The van der Waals surface area contributed by atoms with Gasteiger partial charge in [-0.2, -0.15) is 0 Å². The number of aryl methyl sites for hydroxylation is 1. The van der Waals surface area contributed by atoms with E-state index in [1.807, 2.05) is 50.2 Å². The topological polar surface area (TPSA) is 109 Å². The molecule has 4 N–H and O–H groups in total. The summed E-state index contributed by atoms with van der Waals surface area (Å²) in [6.07, 6.45) is -3.82. The maximum absolute atomic E-state index is 10.7. The number of ether oxygens (including phenoxy) is 3. The third-order valence-corrected chi connectivity index (χ3v) is 6.11. The van der Waals surface area contributed by atoms with Crippen molar-refractivity contribution in [3.63, 3.8) is 0 Å². The Morgan fingerprint density at radius 3 is 2.47 bits per heavy atom. The van der Waals surface area contributed by atoms with Gasteiger partial charge in [-0.25, -0.2) is 0 Å². The Morgan fingerprint density at radius 1 is 1.07 bits per heavy atom. The van der Waals surface area contributed by atoms with Crippen LogP contribution in [-0.4, -0.2) is 64.2 Å². The molecule has 0 amide bonds. The summed E-state index contributed by atoms with van der Waals surface area (Å²) in [6, 6.07) is 13.4. The first kappa shape index (κ1) is 21.2. The molecular formula is C23H28O7. The van der Waals surface area contributed by atoms with Crippen molar-refractivity contribution in [2.75, 3.05) is 19.8 Å². The minimum Gasteiger partial charge on any atom is -0.494 e. The lowest BCUT2D eigenvalue weighted by Crippen LogP contribution is -2.65. The molecule has 30 heavy (non-hydrogen) atoms. The van der Waals surface area contributed by atoms with Crippen molar-refractivity contribution in [3.8, 4) is 5.75 Å². The van der Waals surface area contributed by atoms with Crippen molar-refractivity contribution < 1.29 is 34.6 Å². The molecular weight excluding hydrogens is 388 g/mol. The van der Waals surface area contributed by atoms with Crippen LogP contribution in [0.25, 0.3) is 0 Å². The summed E-state index contributed by atoms with van der Waals surface area (Å²) < 4.78 is 17.2. The van der Waals surface area contributed by atoms with Gasteiger partial charge in [0.1, 0.15) is 29.7 Å². The molecule has 0 unspecified atom stereocenters. The van der Waals surface area contributed by atoms with E-state index in [2.05, 4.69) is 0 Å². The summed E-state index contributed by atoms with van der Waals surface area (Å²) in [6.45, 7) is 3.87. The predicted octanol–water partition coefficient (Wildman–Crippen LogP) is 1.01. The molecule has 2 bridgehead atoms. The lowest BCUT2D eigenvalue weighted by atomic mass is 9.83. The van der Waals surface area contributed by atoms with Gasteiger partial charge in [0.25, 0.3) is 0 Å². The van der Waals surface area contributed by atoms with Gasteiger partial charge in [0.2, 0.25) is 5.79 Å². The maximum atomic E-state index is 10.7. The Morgan fingerprint density at radius 2 is 1.80 bits per heavy atom. The normalized spacial score (nSPS) is 32.9. The van der Waals surface area contributed by atoms with E-state index in [0.29, 0.717) is 18.6 Å². The van der Waals surface area contributed by atoms with Crippen LogP contribution in [0, 0.1) is 6.92 Å². The van der Waals surface area contributed by atoms with Crippen LogP contribution in [-0.2, 0) is 21.7 Å². The highest BCUT2D eigenvalue weighted by Gasteiger charge is 2.67. The largest absolute Gasteiger partial charge is 0.494 e. The van der Waals surface area contributed by atoms with E-state index in [-0.39, 0.29) is 6.61 Å². The van der Waals surface area contributed by atoms with Gasteiger partial charge >= 0.3 is 0 Å². The molecule has 7 heteroatoms. The number of benzene rings is 2. The first-order chi connectivity index (χ1) is 14.3. The van der Waals surface area contributed by atoms with E-state index in [9.17, 15) is 20.4 Å². The lowest BCUT2D eigenvalue weighted by molar-refractivity contribution is -0.329. The summed E-state index contributed by atoms with van der Waals surface area (Å²) in [5.41, 5.74) is 2.21. The third-order valence-electron chi connectivity index (χ3n) is 6.11. The van der Waals surface area contributed by atoms with Gasteiger partial charge in [-0.15, -0.1) is 0 Å². The van der Waals surface area contributed by atoms with Crippen LogP contribution in [0.15, 0.2) is 42.5 Å². The highest BCUT2D eigenvalue weighted by molar-refractivity contribution is 5.39. The number of rotatable bonds is 6. The molecule has 2 aromatic carbocycles. The first-order valence-electron chi connectivity index (χ1n) is 10.2. The molecule has 2 fully saturated rings. The van der Waals surface area contributed by atoms with Gasteiger partial charge in [0.05, 0.1) is 19.8 Å². The zero-order chi connectivity index (χ0) is 21.5. The lowest BCUT2D eigenvalue weighted by Gasteiger charge is -2.46. The Hall–Kier alpha value is -2.00. The molecule has 2 heterocycles. The highest BCUT2D eigenvalue weighted by atomic mass is 16.8. The quantitative estimate of drug-likeness (QED) is 0.557. The van der Waals surface area contributed by atoms with Gasteiger partial charge in [-0.05, 0) is 55.2 Å². The van der Waals surface area contributed by atoms with Crippen LogP contribution >= 0.6 is 0 Å². The van der Waals surface area contributed by atoms with Gasteiger partial charge in [-0.1, -0.05) is 24.3 Å². The van der Waals surface area contributed by atoms with Gasteiger partial charge in [0, 0.05) is 5.56 Å². The van der Waals surface area contributed by atoms with Crippen molar-refractivity contribution in [2.24, 2.45) is 0 Å². The van der Waals surface area contributed by atoms with Crippen LogP contribution in [0.2, 0.25) is 0 Å². The Kier molecular flexibility index (Phi) is 5.61. The smallest absolute Gasteiger partial charge is 0.225 e. The monoisotopic (exact) mass is 416 g/mol. The molecule has 4 rings (SSSR count). The van der Waals surface area contributed by atoms with E-state index in [0.717, 1.165) is 22.4 Å². The van der Waals surface area contributed by atoms with Crippen LogP contribution < -0.4 is 4.74 Å². The molecule has 162 valence electrons. The zero-order valence-electron chi connectivity index (χ0n) is 17.1. The van der Waals surface area contributed by atoms with E-state index in [1.54, 1.807) is 6.07 Å². The summed E-state index contributed by atoms with van der Waals surface area (Å²) >= 11 is 0. The van der Waals surface area contributed by atoms with E-state index in [4.69, 9.17) is 14.2 Å². The molecule has 0 aromatic heterocycles. The molecule has 5 atom stereocenters. The number of fused-ring (bicyclic) bond motifs is 2. The van der Waals surface area contributed by atoms with Crippen LogP contribution in [0.3, 0.4) is 0 Å². The molecule has 2 aliphatic heterocycles. The second-order valence-corrected chi connectivity index (χ2v) is 8.06. The Balaban J connectivity index is 1.66. The van der Waals surface area contributed by atoms with Crippen molar-refractivity contribution in [3.05, 3.63) is 64.7 Å². The van der Waals surface area contributed by atoms with Gasteiger partial charge in [-0.3, -0.25) is 0 Å². The average Bonchev–Trinajstić information content (AvgIpc) is 3.14. The first-order valence-corrected chi connectivity index (χ1v) is 10.2. The number of aliphatic hydroxyl groups is 4. The standard InChI is InChI=1S/C23H28O7/c1-3-28-18-8-5-15(6-9-18)10-16-11-17(7-4-14(16)2)23-21(27)19(25)20(26)22(12-24,30-23)13-29-23/h4-9,11,19-21,24-27H,3,10,12-13H2,1-2H3/t19-,20-,21-,22-,23-/m0/s1. The van der Waals surface area contributed by atoms with Crippen molar-refractivity contribution >= 4 is 0 Å². The summed E-state index contributed by atoms with van der Waals surface area (Å²) in [5, 5.41) is 41.2. The molecule has 0 radical (unpaired) electrons. The maximum Gasteiger partial charge on any atom is 0.225 e. The molecule has 2 saturated heterocycles. The molecule has 7 nitrogen and oxygen atoms in total. The molecule has 2 aliphatic rings. The van der Waals surface area contributed by atoms with Crippen LogP contribution in [0.4, 0.5) is 0 Å². The SMILES string of the molecule is CCOc1ccc(Cc2cc([C@]34OC[C@](CO)(O3)[C@@H](O)[C@H](O)[C@@H]4O)ccc2C)cc1. The Labute approximate surface area is 175 Å². The van der Waals surface area contributed by atoms with E-state index < -0.39 is 36.3 Å². The summed E-state index contributed by atoms with van der Waals surface area (Å²) in [5.74, 6) is -0.834. The van der Waals surface area contributed by atoms with Crippen LogP contribution in [0.1, 0.15) is 29.2 Å². The highest BCUT2D eigenvalue weighted by Crippen LogP contribution is 2.49. The minimum atomic E-state index is -1.65. The van der Waals surface area contributed by atoms with Crippen molar-refractivity contribution in [1.29, 1.82) is 0 Å². The third kappa shape index (κ3) is 3.32. The second kappa shape index (κ2) is 7.92. The molecule has 0 spiro atoms. The molecule has 2 aromatic rings. The molecule has 0 aliphatic carbocycles. The number of hydrogen-bond donors (Lipinski definition) is 4. The second-order valence-electron chi connectivity index (χ2n) is 8.06. The average molecular weight is 416 g/mol. The summed E-state index contributed by atoms with van der Waals surface area (Å²) in [7, 11) is 0. The zero-order valence-corrected chi connectivity index (χ0v) is 17.1. The van der Waals surface area contributed by atoms with Gasteiger partial charge in [0.15, 0.2) is 0 Å². The predicted molar refractivity (Wildman–Crippen MR) is 108 cm³/mol. The van der Waals surface area contributed by atoms with Crippen molar-refractivity contribution in [1.82, 2.24) is 0 Å². The number of aliphatic hydroxyl groups excluding tert-OH is 4. The fraction of sp³-hybridized carbons (Fsp3) is 0.478.